The standard InChI is InChI=1S/C13H15N3O3S/c14-4-1-2-11-10-15-5-3-12(11)13(17)16-6-8-20(18,19)9-7-16/h3,5,10H,4,6-9,14H2. The van der Waals surface area contributed by atoms with Gasteiger partial charge in [-0.3, -0.25) is 9.78 Å². The first kappa shape index (κ1) is 14.5. The number of hydrogen-bond acceptors (Lipinski definition) is 5. The van der Waals surface area contributed by atoms with Crippen LogP contribution in [0.15, 0.2) is 18.5 Å². The maximum absolute atomic E-state index is 12.4. The third kappa shape index (κ3) is 3.35. The zero-order valence-corrected chi connectivity index (χ0v) is 11.7. The highest BCUT2D eigenvalue weighted by atomic mass is 32.2. The van der Waals surface area contributed by atoms with Crippen molar-refractivity contribution in [2.45, 2.75) is 0 Å². The number of amides is 1. The van der Waals surface area contributed by atoms with Gasteiger partial charge in [-0.25, -0.2) is 8.42 Å². The van der Waals surface area contributed by atoms with E-state index in [2.05, 4.69) is 16.8 Å². The van der Waals surface area contributed by atoms with E-state index >= 15 is 0 Å². The molecule has 1 saturated heterocycles. The number of carbonyl (C=O) groups excluding carboxylic acids is 1. The smallest absolute Gasteiger partial charge is 0.255 e. The molecular weight excluding hydrogens is 278 g/mol. The highest BCUT2D eigenvalue weighted by Gasteiger charge is 2.26. The van der Waals surface area contributed by atoms with E-state index in [1.165, 1.54) is 17.3 Å². The van der Waals surface area contributed by atoms with Crippen LogP contribution in [0, 0.1) is 11.8 Å². The molecule has 1 fully saturated rings. The Morgan fingerprint density at radius 2 is 2.10 bits per heavy atom. The minimum atomic E-state index is -3.01. The van der Waals surface area contributed by atoms with Gasteiger partial charge >= 0.3 is 0 Å². The third-order valence-electron chi connectivity index (χ3n) is 3.01. The second-order valence-corrected chi connectivity index (χ2v) is 6.67. The van der Waals surface area contributed by atoms with Crippen LogP contribution in [0.3, 0.4) is 0 Å². The molecule has 2 N–H and O–H groups in total. The molecule has 0 atom stereocenters. The van der Waals surface area contributed by atoms with E-state index in [0.717, 1.165) is 0 Å². The van der Waals surface area contributed by atoms with Gasteiger partial charge < -0.3 is 10.6 Å². The van der Waals surface area contributed by atoms with Crippen LogP contribution < -0.4 is 5.73 Å². The molecule has 1 aliphatic rings. The quantitative estimate of drug-likeness (QED) is 0.689. The Labute approximate surface area is 117 Å². The molecule has 1 aromatic rings. The normalized spacial score (nSPS) is 17.1. The van der Waals surface area contributed by atoms with Gasteiger partial charge in [0, 0.05) is 25.5 Å². The first-order valence-electron chi connectivity index (χ1n) is 6.16. The molecule has 0 aliphatic carbocycles. The van der Waals surface area contributed by atoms with Gasteiger partial charge in [-0.15, -0.1) is 0 Å². The zero-order valence-electron chi connectivity index (χ0n) is 10.9. The van der Waals surface area contributed by atoms with Crippen molar-refractivity contribution in [2.75, 3.05) is 31.1 Å². The van der Waals surface area contributed by atoms with Crippen LogP contribution in [0.5, 0.6) is 0 Å². The number of hydrogen-bond donors (Lipinski definition) is 1. The van der Waals surface area contributed by atoms with Crippen molar-refractivity contribution in [3.05, 3.63) is 29.6 Å². The summed E-state index contributed by atoms with van der Waals surface area (Å²) >= 11 is 0. The minimum absolute atomic E-state index is 0.00757. The molecular formula is C13H15N3O3S. The average molecular weight is 293 g/mol. The third-order valence-corrected chi connectivity index (χ3v) is 4.62. The van der Waals surface area contributed by atoms with E-state index in [4.69, 9.17) is 5.73 Å². The van der Waals surface area contributed by atoms with Crippen molar-refractivity contribution in [1.82, 2.24) is 9.88 Å². The summed E-state index contributed by atoms with van der Waals surface area (Å²) in [5, 5.41) is 0. The van der Waals surface area contributed by atoms with Gasteiger partial charge in [0.05, 0.1) is 29.2 Å². The summed E-state index contributed by atoms with van der Waals surface area (Å²) in [4.78, 5) is 17.9. The number of rotatable bonds is 1. The van der Waals surface area contributed by atoms with Crippen molar-refractivity contribution in [1.29, 1.82) is 0 Å². The lowest BCUT2D eigenvalue weighted by molar-refractivity contribution is 0.0770. The number of pyridine rings is 1. The molecule has 7 heteroatoms. The van der Waals surface area contributed by atoms with E-state index < -0.39 is 9.84 Å². The molecule has 0 spiro atoms. The largest absolute Gasteiger partial charge is 0.337 e. The molecule has 2 heterocycles. The van der Waals surface area contributed by atoms with Crippen LogP contribution in [0.25, 0.3) is 0 Å². The van der Waals surface area contributed by atoms with Crippen molar-refractivity contribution in [3.8, 4) is 11.8 Å². The van der Waals surface area contributed by atoms with Gasteiger partial charge in [0.25, 0.3) is 5.91 Å². The molecule has 1 aromatic heterocycles. The molecule has 106 valence electrons. The lowest BCUT2D eigenvalue weighted by Gasteiger charge is -2.27. The fraction of sp³-hybridized carbons (Fsp3) is 0.385. The van der Waals surface area contributed by atoms with Crippen LogP contribution in [-0.4, -0.2) is 55.3 Å². The van der Waals surface area contributed by atoms with E-state index in [0.29, 0.717) is 11.1 Å². The molecule has 0 bridgehead atoms. The molecule has 0 saturated carbocycles. The highest BCUT2D eigenvalue weighted by molar-refractivity contribution is 7.91. The predicted molar refractivity (Wildman–Crippen MR) is 74.7 cm³/mol. The fourth-order valence-electron chi connectivity index (χ4n) is 1.91. The van der Waals surface area contributed by atoms with Gasteiger partial charge in [-0.05, 0) is 6.07 Å². The Morgan fingerprint density at radius 3 is 2.75 bits per heavy atom. The topological polar surface area (TPSA) is 93.4 Å². The van der Waals surface area contributed by atoms with Gasteiger partial charge in [0.15, 0.2) is 9.84 Å². The summed E-state index contributed by atoms with van der Waals surface area (Å²) in [7, 11) is -3.01. The van der Waals surface area contributed by atoms with Gasteiger partial charge in [-0.1, -0.05) is 11.8 Å². The molecule has 1 aliphatic heterocycles. The van der Waals surface area contributed by atoms with Gasteiger partial charge in [0.2, 0.25) is 0 Å². The number of aromatic nitrogens is 1. The summed E-state index contributed by atoms with van der Waals surface area (Å²) < 4.78 is 22.8. The summed E-state index contributed by atoms with van der Waals surface area (Å²) in [6.45, 7) is 0.630. The van der Waals surface area contributed by atoms with Crippen molar-refractivity contribution >= 4 is 15.7 Å². The van der Waals surface area contributed by atoms with Crippen LogP contribution in [-0.2, 0) is 9.84 Å². The van der Waals surface area contributed by atoms with Gasteiger partial charge in [-0.2, -0.15) is 0 Å². The number of carbonyl (C=O) groups is 1. The highest BCUT2D eigenvalue weighted by Crippen LogP contribution is 2.12. The Balaban J connectivity index is 2.22. The Morgan fingerprint density at radius 1 is 1.40 bits per heavy atom. The Kier molecular flexibility index (Phi) is 4.37. The second-order valence-electron chi connectivity index (χ2n) is 4.37. The molecule has 1 amide bonds. The van der Waals surface area contributed by atoms with Crippen molar-refractivity contribution in [2.24, 2.45) is 5.73 Å². The van der Waals surface area contributed by atoms with Crippen LogP contribution in [0.4, 0.5) is 0 Å². The minimum Gasteiger partial charge on any atom is -0.337 e. The van der Waals surface area contributed by atoms with E-state index in [1.807, 2.05) is 0 Å². The second kappa shape index (κ2) is 6.03. The summed E-state index contributed by atoms with van der Waals surface area (Å²) in [5.74, 6) is 5.29. The maximum Gasteiger partial charge on any atom is 0.255 e. The molecule has 6 nitrogen and oxygen atoms in total. The summed E-state index contributed by atoms with van der Waals surface area (Å²) in [6.07, 6.45) is 3.03. The first-order chi connectivity index (χ1) is 9.53. The lowest BCUT2D eigenvalue weighted by Crippen LogP contribution is -2.43. The fourth-order valence-corrected chi connectivity index (χ4v) is 3.11. The van der Waals surface area contributed by atoms with Gasteiger partial charge in [0.1, 0.15) is 0 Å². The average Bonchev–Trinajstić information content (AvgIpc) is 2.45. The number of sulfone groups is 1. The van der Waals surface area contributed by atoms with Crippen LogP contribution in [0.1, 0.15) is 15.9 Å². The predicted octanol–water partition coefficient (Wildman–Crippen LogP) is -0.738. The molecule has 0 aromatic carbocycles. The summed E-state index contributed by atoms with van der Waals surface area (Å²) in [5.41, 5.74) is 6.26. The summed E-state index contributed by atoms with van der Waals surface area (Å²) in [6, 6.07) is 1.59. The van der Waals surface area contributed by atoms with E-state index in [-0.39, 0.29) is 37.0 Å². The first-order valence-corrected chi connectivity index (χ1v) is 7.98. The van der Waals surface area contributed by atoms with Crippen LogP contribution in [0.2, 0.25) is 0 Å². The monoisotopic (exact) mass is 293 g/mol. The van der Waals surface area contributed by atoms with E-state index in [9.17, 15) is 13.2 Å². The zero-order chi connectivity index (χ0) is 14.6. The molecule has 20 heavy (non-hydrogen) atoms. The van der Waals surface area contributed by atoms with Crippen LogP contribution >= 0.6 is 0 Å². The molecule has 2 rings (SSSR count). The Bertz CT molecular complexity index is 660. The maximum atomic E-state index is 12.4. The molecule has 0 unspecified atom stereocenters. The molecule has 0 radical (unpaired) electrons. The number of nitrogens with zero attached hydrogens (tertiary/aromatic N) is 2. The lowest BCUT2D eigenvalue weighted by atomic mass is 10.1. The Hall–Kier alpha value is -1.91. The van der Waals surface area contributed by atoms with E-state index in [1.54, 1.807) is 6.07 Å². The number of nitrogens with two attached hydrogens (primary N) is 1. The SMILES string of the molecule is NCC#Cc1cnccc1C(=O)N1CCS(=O)(=O)CC1. The van der Waals surface area contributed by atoms with Crippen molar-refractivity contribution < 1.29 is 13.2 Å². The van der Waals surface area contributed by atoms with Crippen molar-refractivity contribution in [3.63, 3.8) is 0 Å².